The molecule has 0 N–H and O–H groups in total. The summed E-state index contributed by atoms with van der Waals surface area (Å²) in [5.41, 5.74) is 3.22. The van der Waals surface area contributed by atoms with Gasteiger partial charge in [0.1, 0.15) is 0 Å². The van der Waals surface area contributed by atoms with Crippen LogP contribution in [0.4, 0.5) is 0 Å². The summed E-state index contributed by atoms with van der Waals surface area (Å²) in [4.78, 5) is 0. The van der Waals surface area contributed by atoms with Gasteiger partial charge in [0.05, 0.1) is 5.04 Å². The highest BCUT2D eigenvalue weighted by molar-refractivity contribution is 6.51. The molecule has 2 aliphatic carbocycles. The maximum Gasteiger partial charge on any atom is 0.335 e. The fourth-order valence-electron chi connectivity index (χ4n) is 3.81. The van der Waals surface area contributed by atoms with E-state index in [2.05, 4.69) is 32.9 Å². The van der Waals surface area contributed by atoms with E-state index in [1.807, 2.05) is 0 Å². The molecule has 0 saturated heterocycles. The van der Waals surface area contributed by atoms with E-state index in [0.29, 0.717) is 0 Å². The van der Waals surface area contributed by atoms with Crippen LogP contribution in [0.2, 0.25) is 5.04 Å². The van der Waals surface area contributed by atoms with Crippen molar-refractivity contribution in [2.45, 2.75) is 77.2 Å². The standard InChI is InChI=1S/C18H32O2Si/c1-4-19-21(20-5-2)18(3,16-12-8-6-9-13-16)17-14-10-7-11-15-17/h12,14,21H,4-11,13,15H2,1-3H3. The first-order valence-corrected chi connectivity index (χ1v) is 10.4. The average molecular weight is 309 g/mol. The molecule has 0 aliphatic heterocycles. The summed E-state index contributed by atoms with van der Waals surface area (Å²) in [6.45, 7) is 8.16. The van der Waals surface area contributed by atoms with Crippen LogP contribution in [0.1, 0.15) is 72.1 Å². The van der Waals surface area contributed by atoms with Gasteiger partial charge in [-0.25, -0.2) is 0 Å². The molecule has 0 heterocycles. The second-order valence-electron chi connectivity index (χ2n) is 6.40. The predicted octanol–water partition coefficient (Wildman–Crippen LogP) is 5.04. The molecule has 0 aromatic rings. The van der Waals surface area contributed by atoms with Crippen molar-refractivity contribution in [3.05, 3.63) is 23.3 Å². The van der Waals surface area contributed by atoms with E-state index in [9.17, 15) is 0 Å². The van der Waals surface area contributed by atoms with E-state index in [4.69, 9.17) is 8.85 Å². The fraction of sp³-hybridized carbons (Fsp3) is 0.778. The molecule has 0 saturated carbocycles. The molecule has 0 bridgehead atoms. The van der Waals surface area contributed by atoms with Crippen molar-refractivity contribution in [1.82, 2.24) is 0 Å². The Bertz CT molecular complexity index is 355. The van der Waals surface area contributed by atoms with Gasteiger partial charge in [0.2, 0.25) is 0 Å². The van der Waals surface area contributed by atoms with Gasteiger partial charge in [-0.2, -0.15) is 0 Å². The Morgan fingerprint density at radius 3 is 1.71 bits per heavy atom. The monoisotopic (exact) mass is 308 g/mol. The Kier molecular flexibility index (Phi) is 6.71. The van der Waals surface area contributed by atoms with Crippen LogP contribution >= 0.6 is 0 Å². The van der Waals surface area contributed by atoms with Crippen LogP contribution in [0.15, 0.2) is 23.3 Å². The van der Waals surface area contributed by atoms with Crippen molar-refractivity contribution >= 4 is 9.28 Å². The molecule has 0 atom stereocenters. The van der Waals surface area contributed by atoms with Gasteiger partial charge in [-0.1, -0.05) is 30.2 Å². The smallest absolute Gasteiger partial charge is 0.335 e. The molecule has 0 amide bonds. The number of allylic oxidation sites excluding steroid dienone is 4. The first kappa shape index (κ1) is 17.0. The summed E-state index contributed by atoms with van der Waals surface area (Å²) in [6, 6.07) is 0. The molecular formula is C18H32O2Si. The summed E-state index contributed by atoms with van der Waals surface area (Å²) in [5.74, 6) is 0. The summed E-state index contributed by atoms with van der Waals surface area (Å²) in [6.07, 6.45) is 15.3. The minimum atomic E-state index is -1.75. The second kappa shape index (κ2) is 8.30. The zero-order valence-electron chi connectivity index (χ0n) is 14.1. The molecule has 0 unspecified atom stereocenters. The first-order chi connectivity index (χ1) is 10.2. The third kappa shape index (κ3) is 3.88. The molecule has 21 heavy (non-hydrogen) atoms. The minimum absolute atomic E-state index is 0.0762. The van der Waals surface area contributed by atoms with Crippen molar-refractivity contribution in [2.75, 3.05) is 13.2 Å². The highest BCUT2D eigenvalue weighted by Gasteiger charge is 2.44. The van der Waals surface area contributed by atoms with Crippen molar-refractivity contribution in [1.29, 1.82) is 0 Å². The Labute approximate surface area is 132 Å². The average Bonchev–Trinajstić information content (AvgIpc) is 2.55. The lowest BCUT2D eigenvalue weighted by molar-refractivity contribution is 0.196. The van der Waals surface area contributed by atoms with Crippen molar-refractivity contribution < 1.29 is 8.85 Å². The highest BCUT2D eigenvalue weighted by Crippen LogP contribution is 2.52. The van der Waals surface area contributed by atoms with Crippen LogP contribution in [-0.2, 0) is 8.85 Å². The minimum Gasteiger partial charge on any atom is -0.396 e. The molecule has 2 aliphatic rings. The topological polar surface area (TPSA) is 18.5 Å². The van der Waals surface area contributed by atoms with E-state index >= 15 is 0 Å². The van der Waals surface area contributed by atoms with Gasteiger partial charge in [0.15, 0.2) is 0 Å². The normalized spacial score (nSPS) is 20.4. The Morgan fingerprint density at radius 2 is 1.38 bits per heavy atom. The van der Waals surface area contributed by atoms with Crippen molar-refractivity contribution in [3.63, 3.8) is 0 Å². The Hall–Kier alpha value is -0.383. The molecule has 0 aromatic heterocycles. The van der Waals surface area contributed by atoms with Crippen molar-refractivity contribution in [3.8, 4) is 0 Å². The summed E-state index contributed by atoms with van der Waals surface area (Å²) in [7, 11) is -1.75. The van der Waals surface area contributed by atoms with Gasteiger partial charge < -0.3 is 8.85 Å². The van der Waals surface area contributed by atoms with Crippen LogP contribution in [0.25, 0.3) is 0 Å². The molecular weight excluding hydrogens is 276 g/mol. The molecule has 2 rings (SSSR count). The van der Waals surface area contributed by atoms with Crippen LogP contribution in [-0.4, -0.2) is 22.5 Å². The number of hydrogen-bond acceptors (Lipinski definition) is 2. The largest absolute Gasteiger partial charge is 0.396 e. The van der Waals surface area contributed by atoms with E-state index in [0.717, 1.165) is 13.2 Å². The quantitative estimate of drug-likeness (QED) is 0.484. The molecule has 0 fully saturated rings. The van der Waals surface area contributed by atoms with E-state index < -0.39 is 9.28 Å². The summed E-state index contributed by atoms with van der Waals surface area (Å²) < 4.78 is 12.4. The number of hydrogen-bond donors (Lipinski definition) is 0. The molecule has 0 radical (unpaired) electrons. The van der Waals surface area contributed by atoms with Gasteiger partial charge in [0.25, 0.3) is 0 Å². The lowest BCUT2D eigenvalue weighted by atomic mass is 9.80. The molecule has 0 aromatic carbocycles. The lowest BCUT2D eigenvalue weighted by Gasteiger charge is -2.42. The summed E-state index contributed by atoms with van der Waals surface area (Å²) >= 11 is 0. The van der Waals surface area contributed by atoms with Gasteiger partial charge in [-0.15, -0.1) is 0 Å². The van der Waals surface area contributed by atoms with Gasteiger partial charge >= 0.3 is 9.28 Å². The molecule has 3 heteroatoms. The predicted molar refractivity (Wildman–Crippen MR) is 91.9 cm³/mol. The van der Waals surface area contributed by atoms with Crippen LogP contribution < -0.4 is 0 Å². The maximum atomic E-state index is 6.19. The Morgan fingerprint density at radius 1 is 0.905 bits per heavy atom. The van der Waals surface area contributed by atoms with E-state index in [1.54, 1.807) is 11.1 Å². The SMILES string of the molecule is CCO[SiH](OCC)C(C)(C1=CCCCC1)C1=CCCCC1. The third-order valence-corrected chi connectivity index (χ3v) is 7.98. The molecule has 0 spiro atoms. The molecule has 120 valence electrons. The first-order valence-electron chi connectivity index (χ1n) is 8.85. The maximum absolute atomic E-state index is 6.19. The zero-order chi connectivity index (χ0) is 15.1. The van der Waals surface area contributed by atoms with Crippen LogP contribution in [0, 0.1) is 0 Å². The highest BCUT2D eigenvalue weighted by atomic mass is 28.3. The third-order valence-electron chi connectivity index (χ3n) is 5.02. The summed E-state index contributed by atoms with van der Waals surface area (Å²) in [5, 5.41) is 0.0762. The van der Waals surface area contributed by atoms with Crippen LogP contribution in [0.3, 0.4) is 0 Å². The van der Waals surface area contributed by atoms with E-state index in [1.165, 1.54) is 51.4 Å². The van der Waals surface area contributed by atoms with Gasteiger partial charge in [0, 0.05) is 13.2 Å². The fourth-order valence-corrected chi connectivity index (χ4v) is 6.31. The second-order valence-corrected chi connectivity index (χ2v) is 8.88. The van der Waals surface area contributed by atoms with Gasteiger partial charge in [-0.3, -0.25) is 0 Å². The molecule has 2 nitrogen and oxygen atoms in total. The Balaban J connectivity index is 2.35. The van der Waals surface area contributed by atoms with Gasteiger partial charge in [-0.05, 0) is 65.2 Å². The number of rotatable bonds is 7. The lowest BCUT2D eigenvalue weighted by Crippen LogP contribution is -2.40. The van der Waals surface area contributed by atoms with E-state index in [-0.39, 0.29) is 5.04 Å². The van der Waals surface area contributed by atoms with Crippen molar-refractivity contribution in [2.24, 2.45) is 0 Å². The van der Waals surface area contributed by atoms with Crippen LogP contribution in [0.5, 0.6) is 0 Å². The zero-order valence-corrected chi connectivity index (χ0v) is 15.3.